The van der Waals surface area contributed by atoms with E-state index >= 15 is 0 Å². The first-order valence-corrected chi connectivity index (χ1v) is 22.8. The molecule has 0 heterocycles. The van der Waals surface area contributed by atoms with Crippen LogP contribution in [-0.2, 0) is 4.79 Å². The Morgan fingerprint density at radius 2 is 0.746 bits per heavy atom. The molecule has 0 aromatic carbocycles. The summed E-state index contributed by atoms with van der Waals surface area (Å²) in [5, 5.41) is 22.7. The molecule has 2 atom stereocenters. The van der Waals surface area contributed by atoms with Crippen molar-refractivity contribution in [3.63, 3.8) is 0 Å². The van der Waals surface area contributed by atoms with Crippen molar-refractivity contribution in [1.82, 2.24) is 5.32 Å². The lowest BCUT2D eigenvalue weighted by Gasteiger charge is -2.19. The van der Waals surface area contributed by atoms with Crippen LogP contribution < -0.4 is 5.32 Å². The summed E-state index contributed by atoms with van der Waals surface area (Å²) in [6, 6.07) is -0.672. The first kappa shape index (κ1) is 54.8. The van der Waals surface area contributed by atoms with Crippen LogP contribution in [-0.4, -0.2) is 34.9 Å². The number of hydrogen-bond donors (Lipinski definition) is 3. The lowest BCUT2D eigenvalue weighted by molar-refractivity contribution is -0.123. The maximum atomic E-state index is 12.3. The Bertz CT molecular complexity index is 1370. The number of hydrogen-bond acceptors (Lipinski definition) is 3. The molecule has 326 valence electrons. The molecule has 3 N–H and O–H groups in total. The highest BCUT2D eigenvalue weighted by Crippen LogP contribution is 2.06. The Hall–Kier alpha value is -4.25. The highest BCUT2D eigenvalue weighted by Gasteiger charge is 2.17. The third-order valence-corrected chi connectivity index (χ3v) is 8.93. The van der Waals surface area contributed by atoms with E-state index in [-0.39, 0.29) is 12.5 Å². The molecule has 0 spiro atoms. The summed E-state index contributed by atoms with van der Waals surface area (Å²) in [7, 11) is 0. The lowest BCUT2D eigenvalue weighted by Crippen LogP contribution is -2.45. The monoisotopic (exact) mass is 806 g/mol. The van der Waals surface area contributed by atoms with Crippen LogP contribution in [0.1, 0.15) is 149 Å². The summed E-state index contributed by atoms with van der Waals surface area (Å²) in [6.45, 7) is 4.06. The molecule has 2 unspecified atom stereocenters. The number of allylic oxidation sites excluding steroid dienone is 27. The molecule has 0 aromatic rings. The van der Waals surface area contributed by atoms with Crippen LogP contribution >= 0.6 is 0 Å². The van der Waals surface area contributed by atoms with Crippen LogP contribution in [0.3, 0.4) is 0 Å². The van der Waals surface area contributed by atoms with Gasteiger partial charge < -0.3 is 15.5 Å². The number of unbranched alkanes of at least 4 members (excludes halogenated alkanes) is 5. The number of carbonyl (C=O) groups is 1. The smallest absolute Gasteiger partial charge is 0.220 e. The third-order valence-electron chi connectivity index (χ3n) is 8.93. The summed E-state index contributed by atoms with van der Waals surface area (Å²) in [5.41, 5.74) is 0. The first-order chi connectivity index (χ1) is 29.2. The fourth-order valence-corrected chi connectivity index (χ4v) is 5.45. The summed E-state index contributed by atoms with van der Waals surface area (Å²) in [5.74, 6) is -0.130. The molecule has 59 heavy (non-hydrogen) atoms. The van der Waals surface area contributed by atoms with Gasteiger partial charge in [0.25, 0.3) is 0 Å². The van der Waals surface area contributed by atoms with Gasteiger partial charge in [-0.25, -0.2) is 0 Å². The summed E-state index contributed by atoms with van der Waals surface area (Å²) in [6.07, 6.45) is 80.6. The Labute approximate surface area is 362 Å². The second-order valence-electron chi connectivity index (χ2n) is 14.4. The topological polar surface area (TPSA) is 69.6 Å². The van der Waals surface area contributed by atoms with E-state index in [1.54, 1.807) is 6.08 Å². The molecule has 0 aliphatic heterocycles. The van der Waals surface area contributed by atoms with E-state index in [1.165, 1.54) is 12.8 Å². The highest BCUT2D eigenvalue weighted by molar-refractivity contribution is 5.76. The van der Waals surface area contributed by atoms with Crippen molar-refractivity contribution in [1.29, 1.82) is 0 Å². The predicted molar refractivity (Wildman–Crippen MR) is 261 cm³/mol. The quantitative estimate of drug-likeness (QED) is 0.0430. The van der Waals surface area contributed by atoms with Crippen molar-refractivity contribution in [2.24, 2.45) is 0 Å². The maximum Gasteiger partial charge on any atom is 0.220 e. The fraction of sp³-hybridized carbons (Fsp3) is 0.473. The molecule has 0 saturated carbocycles. The largest absolute Gasteiger partial charge is 0.394 e. The number of rotatable bonds is 38. The molecular formula is C55H83NO3. The van der Waals surface area contributed by atoms with Gasteiger partial charge in [0.2, 0.25) is 5.91 Å². The minimum absolute atomic E-state index is 0.130. The van der Waals surface area contributed by atoms with Gasteiger partial charge in [0.15, 0.2) is 0 Å². The van der Waals surface area contributed by atoms with Crippen LogP contribution in [0.4, 0.5) is 0 Å². The summed E-state index contributed by atoms with van der Waals surface area (Å²) < 4.78 is 0. The minimum Gasteiger partial charge on any atom is -0.394 e. The predicted octanol–water partition coefficient (Wildman–Crippen LogP) is 14.8. The molecule has 4 heteroatoms. The molecular weight excluding hydrogens is 723 g/mol. The minimum atomic E-state index is -0.890. The standard InChI is InChI=1S/C55H83NO3/c1-3-5-7-9-11-13-14-15-16-17-18-19-20-21-22-23-24-25-26-27-28-29-30-31-32-33-34-35-36-37-38-39-40-41-42-43-45-47-49-51-55(59)56-53(52-57)54(58)50-48-46-44-12-10-8-6-4-2/h5,7,10-13,15-16,18-19,21-22,24-25,27-28,30-31,33-34,36-37,39-40,42-43,48,50,53-54,57-58H,3-4,6,8-9,14,17,20,23,26,29,32,35,38,41,44-47,49,51-52H2,1-2H3,(H,56,59)/b7-5-,12-10+,13-11-,16-15-,19-18-,22-21-,25-24-,28-27-,31-30-,34-33-,37-36-,40-39-,43-42-,50-48+. The van der Waals surface area contributed by atoms with Crippen molar-refractivity contribution in [3.8, 4) is 0 Å². The number of amides is 1. The van der Waals surface area contributed by atoms with Gasteiger partial charge >= 0.3 is 0 Å². The molecule has 1 amide bonds. The van der Waals surface area contributed by atoms with Gasteiger partial charge in [0.1, 0.15) is 0 Å². The SMILES string of the molecule is CC/C=C\C/C=C\C/C=C\C/C=C\C/C=C\C/C=C\C/C=C\C/C=C\C/C=C\C/C=C\C/C=C\C/C=C\CCCCC(=O)NC(CO)C(O)/C=C/CC/C=C/CCCC. The van der Waals surface area contributed by atoms with E-state index in [0.717, 1.165) is 116 Å². The molecule has 0 fully saturated rings. The Kier molecular flexibility index (Phi) is 44.7. The number of aliphatic hydroxyl groups excluding tert-OH is 2. The zero-order valence-electron chi connectivity index (χ0n) is 37.2. The summed E-state index contributed by atoms with van der Waals surface area (Å²) >= 11 is 0. The third kappa shape index (κ3) is 44.7. The van der Waals surface area contributed by atoms with E-state index < -0.39 is 12.1 Å². The molecule has 0 radical (unpaired) electrons. The van der Waals surface area contributed by atoms with Crippen LogP contribution in [0.15, 0.2) is 170 Å². The average molecular weight is 806 g/mol. The van der Waals surface area contributed by atoms with E-state index in [4.69, 9.17) is 0 Å². The molecule has 0 saturated heterocycles. The van der Waals surface area contributed by atoms with Crippen molar-refractivity contribution in [3.05, 3.63) is 170 Å². The molecule has 0 aliphatic rings. The highest BCUT2D eigenvalue weighted by atomic mass is 16.3. The van der Waals surface area contributed by atoms with Crippen LogP contribution in [0.5, 0.6) is 0 Å². The second-order valence-corrected chi connectivity index (χ2v) is 14.4. The molecule has 0 aliphatic carbocycles. The van der Waals surface area contributed by atoms with Crippen molar-refractivity contribution >= 4 is 5.91 Å². The molecule has 0 aromatic heterocycles. The van der Waals surface area contributed by atoms with Gasteiger partial charge in [0.05, 0.1) is 18.8 Å². The summed E-state index contributed by atoms with van der Waals surface area (Å²) in [4.78, 5) is 12.3. The fourth-order valence-electron chi connectivity index (χ4n) is 5.45. The van der Waals surface area contributed by atoms with E-state index in [2.05, 4.69) is 177 Å². The maximum absolute atomic E-state index is 12.3. The number of nitrogens with one attached hydrogen (secondary N) is 1. The van der Waals surface area contributed by atoms with Gasteiger partial charge in [-0.2, -0.15) is 0 Å². The Morgan fingerprint density at radius 3 is 1.12 bits per heavy atom. The number of carbonyl (C=O) groups excluding carboxylic acids is 1. The van der Waals surface area contributed by atoms with Crippen molar-refractivity contribution in [2.45, 2.75) is 161 Å². The average Bonchev–Trinajstić information content (AvgIpc) is 3.24. The van der Waals surface area contributed by atoms with Crippen molar-refractivity contribution in [2.75, 3.05) is 6.61 Å². The second kappa shape index (κ2) is 48.1. The van der Waals surface area contributed by atoms with Crippen molar-refractivity contribution < 1.29 is 15.0 Å². The van der Waals surface area contributed by atoms with E-state index in [1.807, 2.05) is 6.08 Å². The van der Waals surface area contributed by atoms with Gasteiger partial charge in [-0.15, -0.1) is 0 Å². The van der Waals surface area contributed by atoms with Gasteiger partial charge in [-0.3, -0.25) is 4.79 Å². The number of aliphatic hydroxyl groups is 2. The van der Waals surface area contributed by atoms with Gasteiger partial charge in [0, 0.05) is 6.42 Å². The Morgan fingerprint density at radius 1 is 0.424 bits per heavy atom. The van der Waals surface area contributed by atoms with Crippen LogP contribution in [0.2, 0.25) is 0 Å². The van der Waals surface area contributed by atoms with Crippen LogP contribution in [0.25, 0.3) is 0 Å². The Balaban J connectivity index is 3.78. The van der Waals surface area contributed by atoms with Gasteiger partial charge in [-0.1, -0.05) is 197 Å². The molecule has 4 nitrogen and oxygen atoms in total. The van der Waals surface area contributed by atoms with E-state index in [0.29, 0.717) is 6.42 Å². The first-order valence-electron chi connectivity index (χ1n) is 22.8. The molecule has 0 rings (SSSR count). The normalized spacial score (nSPS) is 14.6. The molecule has 0 bridgehead atoms. The zero-order valence-corrected chi connectivity index (χ0v) is 37.2. The van der Waals surface area contributed by atoms with E-state index in [9.17, 15) is 15.0 Å². The zero-order chi connectivity index (χ0) is 42.8. The lowest BCUT2D eigenvalue weighted by atomic mass is 10.1. The van der Waals surface area contributed by atoms with Crippen LogP contribution in [0, 0.1) is 0 Å². The van der Waals surface area contributed by atoms with Gasteiger partial charge in [-0.05, 0) is 116 Å².